The molecule has 0 bridgehead atoms. The minimum absolute atomic E-state index is 0.00753. The van der Waals surface area contributed by atoms with Gasteiger partial charge in [-0.2, -0.15) is 0 Å². The van der Waals surface area contributed by atoms with E-state index >= 15 is 0 Å². The molecule has 0 aliphatic heterocycles. The molecule has 2 fully saturated rings. The molecule has 2 aliphatic carbocycles. The fraction of sp³-hybridized carbons (Fsp3) is 0.697. The van der Waals surface area contributed by atoms with Crippen LogP contribution in [0.25, 0.3) is 0 Å². The number of alkyl carbamates (subject to hydrolysis) is 2. The van der Waals surface area contributed by atoms with Crippen LogP contribution in [0.2, 0.25) is 0 Å². The van der Waals surface area contributed by atoms with Crippen molar-refractivity contribution in [1.82, 2.24) is 10.6 Å². The molecule has 0 aromatic carbocycles. The molecule has 47 heavy (non-hydrogen) atoms. The van der Waals surface area contributed by atoms with E-state index in [1.807, 2.05) is 20.8 Å². The molecule has 5 unspecified atom stereocenters. The Bertz CT molecular complexity index is 1160. The maximum Gasteiger partial charge on any atom is 0.407 e. The topological polar surface area (TPSA) is 182 Å². The van der Waals surface area contributed by atoms with Crippen LogP contribution in [0.5, 0.6) is 0 Å². The van der Waals surface area contributed by atoms with Gasteiger partial charge in [0.2, 0.25) is 0 Å². The highest BCUT2D eigenvalue weighted by Crippen LogP contribution is 2.56. The summed E-state index contributed by atoms with van der Waals surface area (Å²) < 4.78 is 30.6. The van der Waals surface area contributed by atoms with E-state index in [4.69, 9.17) is 28.4 Å². The van der Waals surface area contributed by atoms with E-state index in [2.05, 4.69) is 23.8 Å². The first kappa shape index (κ1) is 39.1. The van der Waals surface area contributed by atoms with Crippen LogP contribution in [0, 0.1) is 28.1 Å². The zero-order chi connectivity index (χ0) is 35.3. The minimum Gasteiger partial charge on any atom is -0.468 e. The third kappa shape index (κ3) is 11.3. The molecule has 2 aliphatic rings. The van der Waals surface area contributed by atoms with Crippen molar-refractivity contribution in [3.63, 3.8) is 0 Å². The zero-order valence-corrected chi connectivity index (χ0v) is 28.2. The molecule has 2 amide bonds. The molecule has 14 nitrogen and oxygen atoms in total. The van der Waals surface area contributed by atoms with Crippen molar-refractivity contribution in [2.45, 2.75) is 72.3 Å². The minimum atomic E-state index is -1.44. The monoisotopic (exact) mass is 666 g/mol. The SMILES string of the molecule is C=CC1CC1(C(=O)OC)C(=O)OCCCOC(=O)NC(C)CCCCOC(=O)C1(C(=O)OCCOC(=O)NCC(C)(C)C)CC1C=C. The van der Waals surface area contributed by atoms with E-state index in [-0.39, 0.29) is 63.3 Å². The number of carbonyl (C=O) groups excluding carboxylic acids is 6. The van der Waals surface area contributed by atoms with Gasteiger partial charge in [-0.05, 0) is 44.4 Å². The van der Waals surface area contributed by atoms with Gasteiger partial charge >= 0.3 is 36.1 Å². The summed E-state index contributed by atoms with van der Waals surface area (Å²) in [6.45, 7) is 15.1. The Balaban J connectivity index is 1.58. The number of unbranched alkanes of at least 4 members (excludes halogenated alkanes) is 1. The quantitative estimate of drug-likeness (QED) is 0.0634. The Labute approximate surface area is 276 Å². The summed E-state index contributed by atoms with van der Waals surface area (Å²) in [5, 5.41) is 5.32. The predicted octanol–water partition coefficient (Wildman–Crippen LogP) is 3.62. The number of amides is 2. The summed E-state index contributed by atoms with van der Waals surface area (Å²) in [7, 11) is 1.21. The van der Waals surface area contributed by atoms with Crippen LogP contribution in [-0.2, 0) is 47.6 Å². The number of rotatable bonds is 20. The fourth-order valence-corrected chi connectivity index (χ4v) is 4.90. The molecule has 5 atom stereocenters. The summed E-state index contributed by atoms with van der Waals surface area (Å²) in [6, 6.07) is -0.227. The second-order valence-electron chi connectivity index (χ2n) is 13.0. The van der Waals surface area contributed by atoms with Gasteiger partial charge in [0.15, 0.2) is 10.8 Å². The third-order valence-electron chi connectivity index (χ3n) is 7.94. The van der Waals surface area contributed by atoms with Gasteiger partial charge in [-0.3, -0.25) is 19.2 Å². The van der Waals surface area contributed by atoms with Crippen molar-refractivity contribution in [3.8, 4) is 0 Å². The lowest BCUT2D eigenvalue weighted by Gasteiger charge is -2.18. The smallest absolute Gasteiger partial charge is 0.407 e. The van der Waals surface area contributed by atoms with Crippen molar-refractivity contribution < 1.29 is 57.2 Å². The van der Waals surface area contributed by atoms with Gasteiger partial charge in [0.05, 0.1) is 26.9 Å². The van der Waals surface area contributed by atoms with Crippen LogP contribution in [0.4, 0.5) is 9.59 Å². The van der Waals surface area contributed by atoms with Crippen LogP contribution in [-0.4, -0.2) is 88.8 Å². The molecule has 0 saturated heterocycles. The van der Waals surface area contributed by atoms with E-state index in [9.17, 15) is 28.8 Å². The molecule has 2 saturated carbocycles. The van der Waals surface area contributed by atoms with Crippen LogP contribution in [0.15, 0.2) is 25.3 Å². The molecule has 0 spiro atoms. The largest absolute Gasteiger partial charge is 0.468 e. The summed E-state index contributed by atoms with van der Waals surface area (Å²) in [6.07, 6.45) is 4.27. The summed E-state index contributed by atoms with van der Waals surface area (Å²) >= 11 is 0. The van der Waals surface area contributed by atoms with Crippen LogP contribution in [0.1, 0.15) is 66.2 Å². The Morgan fingerprint density at radius 2 is 1.19 bits per heavy atom. The lowest BCUT2D eigenvalue weighted by Crippen LogP contribution is -2.35. The Hall–Kier alpha value is -4.10. The highest BCUT2D eigenvalue weighted by molar-refractivity contribution is 6.05. The van der Waals surface area contributed by atoms with Crippen molar-refractivity contribution in [3.05, 3.63) is 25.3 Å². The van der Waals surface area contributed by atoms with E-state index < -0.39 is 52.8 Å². The van der Waals surface area contributed by atoms with Crippen LogP contribution < -0.4 is 10.6 Å². The second kappa shape index (κ2) is 17.7. The number of allylic oxidation sites excluding steroid dienone is 2. The van der Waals surface area contributed by atoms with Crippen molar-refractivity contribution in [1.29, 1.82) is 0 Å². The normalized spacial score (nSPS) is 23.2. The molecular formula is C33H50N2O12. The Morgan fingerprint density at radius 1 is 0.723 bits per heavy atom. The lowest BCUT2D eigenvalue weighted by atomic mass is 9.97. The van der Waals surface area contributed by atoms with Crippen molar-refractivity contribution in [2.24, 2.45) is 28.1 Å². The highest BCUT2D eigenvalue weighted by atomic mass is 16.6. The number of hydrogen-bond acceptors (Lipinski definition) is 12. The van der Waals surface area contributed by atoms with Gasteiger partial charge in [0.1, 0.15) is 13.2 Å². The van der Waals surface area contributed by atoms with Gasteiger partial charge < -0.3 is 39.1 Å². The third-order valence-corrected chi connectivity index (χ3v) is 7.94. The second-order valence-corrected chi connectivity index (χ2v) is 13.0. The number of carbonyl (C=O) groups is 6. The summed E-state index contributed by atoms with van der Waals surface area (Å²) in [5.74, 6) is -3.48. The number of nitrogens with one attached hydrogen (secondary N) is 2. The molecule has 14 heteroatoms. The van der Waals surface area contributed by atoms with E-state index in [0.717, 1.165) is 0 Å². The summed E-state index contributed by atoms with van der Waals surface area (Å²) in [5.41, 5.74) is -2.88. The number of esters is 4. The van der Waals surface area contributed by atoms with Crippen LogP contribution in [0.3, 0.4) is 0 Å². The first-order valence-electron chi connectivity index (χ1n) is 15.9. The molecule has 0 aromatic heterocycles. The van der Waals surface area contributed by atoms with Crippen LogP contribution >= 0.6 is 0 Å². The number of methoxy groups -OCH3 is 1. The zero-order valence-electron chi connectivity index (χ0n) is 28.2. The molecule has 2 N–H and O–H groups in total. The fourth-order valence-electron chi connectivity index (χ4n) is 4.90. The molecule has 2 rings (SSSR count). The number of hydrogen-bond donors (Lipinski definition) is 2. The predicted molar refractivity (Wildman–Crippen MR) is 168 cm³/mol. The Morgan fingerprint density at radius 3 is 1.70 bits per heavy atom. The molecular weight excluding hydrogens is 616 g/mol. The standard InChI is InChI=1S/C33H50N2O12/c1-8-23-19-32(23,25(36)42-7)26(37)44-15-12-16-46-30(41)35-22(3)13-10-11-14-43-27(38)33(20-24(33)9-2)28(39)45-17-18-47-29(40)34-21-31(4,5)6/h8-9,22-24H,1-2,10-21H2,3-7H3,(H,34,40)(H,35,41). The van der Waals surface area contributed by atoms with E-state index in [1.54, 1.807) is 6.92 Å². The maximum atomic E-state index is 12.8. The van der Waals surface area contributed by atoms with Crippen molar-refractivity contribution >= 4 is 36.1 Å². The van der Waals surface area contributed by atoms with Gasteiger partial charge in [-0.15, -0.1) is 13.2 Å². The molecule has 0 heterocycles. The Kier molecular flexibility index (Phi) is 14.7. The maximum absolute atomic E-state index is 12.8. The molecule has 264 valence electrons. The first-order chi connectivity index (χ1) is 22.2. The molecule has 0 radical (unpaired) electrons. The van der Waals surface area contributed by atoms with Gasteiger partial charge in [-0.25, -0.2) is 9.59 Å². The average molecular weight is 667 g/mol. The first-order valence-corrected chi connectivity index (χ1v) is 15.9. The lowest BCUT2D eigenvalue weighted by molar-refractivity contribution is -0.166. The highest BCUT2D eigenvalue weighted by Gasteiger charge is 2.67. The van der Waals surface area contributed by atoms with E-state index in [0.29, 0.717) is 32.2 Å². The van der Waals surface area contributed by atoms with Gasteiger partial charge in [0, 0.05) is 30.8 Å². The molecule has 0 aromatic rings. The average Bonchev–Trinajstić information content (AvgIpc) is 3.94. The van der Waals surface area contributed by atoms with Gasteiger partial charge in [-0.1, -0.05) is 32.9 Å². The van der Waals surface area contributed by atoms with Gasteiger partial charge in [0.25, 0.3) is 0 Å². The number of ether oxygens (including phenoxy) is 6. The van der Waals surface area contributed by atoms with Crippen molar-refractivity contribution in [2.75, 3.05) is 46.7 Å². The van der Waals surface area contributed by atoms with E-state index in [1.165, 1.54) is 19.3 Å². The summed E-state index contributed by atoms with van der Waals surface area (Å²) in [4.78, 5) is 73.8.